The van der Waals surface area contributed by atoms with Gasteiger partial charge in [0.2, 0.25) is 10.0 Å². The second-order valence-corrected chi connectivity index (χ2v) is 10.2. The molecule has 1 aromatic heterocycles. The summed E-state index contributed by atoms with van der Waals surface area (Å²) < 4.78 is 33.9. The topological polar surface area (TPSA) is 79.5 Å². The van der Waals surface area contributed by atoms with E-state index in [-0.39, 0.29) is 29.6 Å². The fourth-order valence-electron chi connectivity index (χ4n) is 3.85. The Kier molecular flexibility index (Phi) is 6.48. The fraction of sp³-hybridized carbons (Fsp3) is 0.348. The summed E-state index contributed by atoms with van der Waals surface area (Å²) in [6.45, 7) is 2.84. The zero-order chi connectivity index (χ0) is 22.0. The molecule has 2 heterocycles. The number of sulfonamides is 1. The molecule has 6 nitrogen and oxygen atoms in total. The summed E-state index contributed by atoms with van der Waals surface area (Å²) in [7, 11) is -3.84. The van der Waals surface area contributed by atoms with Gasteiger partial charge < -0.3 is 9.72 Å². The highest BCUT2D eigenvalue weighted by atomic mass is 35.5. The van der Waals surface area contributed by atoms with E-state index >= 15 is 0 Å². The van der Waals surface area contributed by atoms with Crippen LogP contribution >= 0.6 is 11.6 Å². The number of ether oxygens (including phenoxy) is 1. The van der Waals surface area contributed by atoms with Crippen molar-refractivity contribution in [2.45, 2.75) is 43.7 Å². The van der Waals surface area contributed by atoms with E-state index in [0.29, 0.717) is 17.2 Å². The molecule has 31 heavy (non-hydrogen) atoms. The van der Waals surface area contributed by atoms with Crippen molar-refractivity contribution in [3.05, 3.63) is 75.0 Å². The molecule has 1 atom stereocenters. The van der Waals surface area contributed by atoms with E-state index in [1.54, 1.807) is 18.2 Å². The lowest BCUT2D eigenvalue weighted by Crippen LogP contribution is -2.38. The lowest BCUT2D eigenvalue weighted by molar-refractivity contribution is 0.0925. The largest absolute Gasteiger partial charge is 0.377 e. The van der Waals surface area contributed by atoms with Gasteiger partial charge in [-0.15, -0.1) is 0 Å². The molecule has 4 rings (SSSR count). The average Bonchev–Trinajstić information content (AvgIpc) is 3.27. The molecule has 0 spiro atoms. The molecule has 8 heteroatoms. The van der Waals surface area contributed by atoms with Crippen molar-refractivity contribution in [1.82, 2.24) is 9.29 Å². The first-order valence-electron chi connectivity index (χ1n) is 10.4. The smallest absolute Gasteiger partial charge is 0.252 e. The van der Waals surface area contributed by atoms with Crippen LogP contribution in [-0.4, -0.2) is 37.0 Å². The standard InChI is InChI=1S/C23H25ClN2O4S/c1-2-16-5-10-22-17(12-16)13-18(23(27)25-22)14-26(15-20-4-3-11-30-20)31(28,29)21-8-6-19(24)7-9-21/h5-10,12-13,20H,2-4,11,14-15H2,1H3,(H,25,27)/t20-/m1/s1. The van der Waals surface area contributed by atoms with Crippen LogP contribution in [0.3, 0.4) is 0 Å². The van der Waals surface area contributed by atoms with E-state index in [0.717, 1.165) is 35.7 Å². The molecule has 0 bridgehead atoms. The van der Waals surface area contributed by atoms with Crippen molar-refractivity contribution in [2.24, 2.45) is 0 Å². The molecular weight excluding hydrogens is 436 g/mol. The van der Waals surface area contributed by atoms with Crippen LogP contribution in [0.4, 0.5) is 0 Å². The number of nitrogens with one attached hydrogen (secondary N) is 1. The number of aromatic nitrogens is 1. The van der Waals surface area contributed by atoms with Crippen molar-refractivity contribution >= 4 is 32.5 Å². The number of nitrogens with zero attached hydrogens (tertiary/aromatic N) is 1. The summed E-state index contributed by atoms with van der Waals surface area (Å²) in [5, 5.41) is 1.34. The summed E-state index contributed by atoms with van der Waals surface area (Å²) in [6.07, 6.45) is 2.38. The van der Waals surface area contributed by atoms with Gasteiger partial charge in [0.25, 0.3) is 5.56 Å². The average molecular weight is 461 g/mol. The van der Waals surface area contributed by atoms with Gasteiger partial charge in [-0.2, -0.15) is 4.31 Å². The Labute approximate surface area is 186 Å². The molecule has 164 valence electrons. The van der Waals surface area contributed by atoms with Gasteiger partial charge in [-0.25, -0.2) is 8.42 Å². The summed E-state index contributed by atoms with van der Waals surface area (Å²) >= 11 is 5.94. The Hall–Kier alpha value is -2.19. The molecule has 0 radical (unpaired) electrons. The Morgan fingerprint density at radius 3 is 2.61 bits per heavy atom. The van der Waals surface area contributed by atoms with Gasteiger partial charge in [-0.3, -0.25) is 4.79 Å². The van der Waals surface area contributed by atoms with Gasteiger partial charge in [-0.05, 0) is 72.7 Å². The van der Waals surface area contributed by atoms with E-state index in [1.165, 1.54) is 16.4 Å². The van der Waals surface area contributed by atoms with Gasteiger partial charge in [-0.1, -0.05) is 24.6 Å². The first-order valence-corrected chi connectivity index (χ1v) is 12.2. The third kappa shape index (κ3) is 4.85. The second-order valence-electron chi connectivity index (χ2n) is 7.79. The highest BCUT2D eigenvalue weighted by Gasteiger charge is 2.30. The molecule has 1 saturated heterocycles. The van der Waals surface area contributed by atoms with Gasteiger partial charge in [0.1, 0.15) is 0 Å². The maximum atomic E-state index is 13.4. The maximum absolute atomic E-state index is 13.4. The van der Waals surface area contributed by atoms with Gasteiger partial charge >= 0.3 is 0 Å². The number of halogens is 1. The third-order valence-electron chi connectivity index (χ3n) is 5.62. The zero-order valence-electron chi connectivity index (χ0n) is 17.3. The van der Waals surface area contributed by atoms with Crippen LogP contribution in [0, 0.1) is 0 Å². The molecule has 0 saturated carbocycles. The summed E-state index contributed by atoms with van der Waals surface area (Å²) in [5.74, 6) is 0. The monoisotopic (exact) mass is 460 g/mol. The predicted molar refractivity (Wildman–Crippen MR) is 122 cm³/mol. The van der Waals surface area contributed by atoms with Crippen molar-refractivity contribution in [2.75, 3.05) is 13.2 Å². The van der Waals surface area contributed by atoms with Crippen LogP contribution in [0.2, 0.25) is 5.02 Å². The highest BCUT2D eigenvalue weighted by molar-refractivity contribution is 7.89. The number of benzene rings is 2. The summed E-state index contributed by atoms with van der Waals surface area (Å²) in [4.78, 5) is 15.8. The van der Waals surface area contributed by atoms with Crippen LogP contribution in [-0.2, 0) is 27.7 Å². The quantitative estimate of drug-likeness (QED) is 0.575. The lowest BCUT2D eigenvalue weighted by atomic mass is 10.1. The molecule has 1 aliphatic rings. The fourth-order valence-corrected chi connectivity index (χ4v) is 5.42. The van der Waals surface area contributed by atoms with Crippen molar-refractivity contribution in [1.29, 1.82) is 0 Å². The molecule has 0 unspecified atom stereocenters. The minimum atomic E-state index is -3.84. The van der Waals surface area contributed by atoms with E-state index in [1.807, 2.05) is 18.2 Å². The van der Waals surface area contributed by atoms with E-state index < -0.39 is 10.0 Å². The molecule has 3 aromatic rings. The number of fused-ring (bicyclic) bond motifs is 1. The molecule has 2 aromatic carbocycles. The maximum Gasteiger partial charge on any atom is 0.252 e. The minimum Gasteiger partial charge on any atom is -0.377 e. The van der Waals surface area contributed by atoms with Crippen molar-refractivity contribution < 1.29 is 13.2 Å². The number of pyridine rings is 1. The number of hydrogen-bond acceptors (Lipinski definition) is 4. The van der Waals surface area contributed by atoms with Crippen LogP contribution in [0.25, 0.3) is 10.9 Å². The Bertz CT molecular complexity index is 1230. The third-order valence-corrected chi connectivity index (χ3v) is 7.70. The van der Waals surface area contributed by atoms with Gasteiger partial charge in [0.15, 0.2) is 0 Å². The first kappa shape index (κ1) is 22.0. The van der Waals surface area contributed by atoms with Crippen LogP contribution in [0.1, 0.15) is 30.9 Å². The molecule has 0 aliphatic carbocycles. The highest BCUT2D eigenvalue weighted by Crippen LogP contribution is 2.24. The minimum absolute atomic E-state index is 0.0353. The number of aromatic amines is 1. The number of H-pyrrole nitrogens is 1. The van der Waals surface area contributed by atoms with Crippen molar-refractivity contribution in [3.8, 4) is 0 Å². The van der Waals surface area contributed by atoms with Gasteiger partial charge in [0.05, 0.1) is 11.0 Å². The SMILES string of the molecule is CCc1ccc2[nH]c(=O)c(CN(C[C@H]3CCCO3)S(=O)(=O)c3ccc(Cl)cc3)cc2c1. The van der Waals surface area contributed by atoms with Crippen LogP contribution in [0.5, 0.6) is 0 Å². The van der Waals surface area contributed by atoms with Crippen LogP contribution < -0.4 is 5.56 Å². The molecule has 1 N–H and O–H groups in total. The normalized spacial score (nSPS) is 16.9. The summed E-state index contributed by atoms with van der Waals surface area (Å²) in [5.41, 5.74) is 1.99. The predicted octanol–water partition coefficient (Wildman–Crippen LogP) is 4.11. The van der Waals surface area contributed by atoms with Crippen molar-refractivity contribution in [3.63, 3.8) is 0 Å². The number of hydrogen-bond donors (Lipinski definition) is 1. The molecule has 1 fully saturated rings. The number of rotatable bonds is 7. The Morgan fingerprint density at radius 1 is 1.16 bits per heavy atom. The lowest BCUT2D eigenvalue weighted by Gasteiger charge is -2.25. The van der Waals surface area contributed by atoms with E-state index in [2.05, 4.69) is 11.9 Å². The summed E-state index contributed by atoms with van der Waals surface area (Å²) in [6, 6.07) is 13.7. The molecular formula is C23H25ClN2O4S. The van der Waals surface area contributed by atoms with Gasteiger partial charge in [0, 0.05) is 35.8 Å². The first-order chi connectivity index (χ1) is 14.9. The van der Waals surface area contributed by atoms with E-state index in [4.69, 9.17) is 16.3 Å². The Morgan fingerprint density at radius 2 is 1.94 bits per heavy atom. The van der Waals surface area contributed by atoms with Crippen LogP contribution in [0.15, 0.2) is 58.2 Å². The Balaban J connectivity index is 1.72. The second kappa shape index (κ2) is 9.12. The zero-order valence-corrected chi connectivity index (χ0v) is 18.9. The molecule has 1 aliphatic heterocycles. The van der Waals surface area contributed by atoms with E-state index in [9.17, 15) is 13.2 Å². The molecule has 0 amide bonds. The number of aryl methyl sites for hydroxylation is 1.